The molecule has 0 unspecified atom stereocenters. The molecule has 1 aliphatic rings. The third-order valence-corrected chi connectivity index (χ3v) is 4.50. The van der Waals surface area contributed by atoms with Gasteiger partial charge in [-0.2, -0.15) is 0 Å². The number of methoxy groups -OCH3 is 1. The van der Waals surface area contributed by atoms with Gasteiger partial charge in [0.25, 0.3) is 0 Å². The van der Waals surface area contributed by atoms with Crippen LogP contribution < -0.4 is 0 Å². The number of rotatable bonds is 2. The molecule has 1 aliphatic carbocycles. The molecule has 0 amide bonds. The van der Waals surface area contributed by atoms with Crippen LogP contribution >= 0.6 is 0 Å². The van der Waals surface area contributed by atoms with Gasteiger partial charge in [-0.3, -0.25) is 0 Å². The fourth-order valence-corrected chi connectivity index (χ4v) is 3.44. The Morgan fingerprint density at radius 1 is 0.783 bits per heavy atom. The Balaban J connectivity index is 1.84. The number of ether oxygens (including phenoxy) is 1. The summed E-state index contributed by atoms with van der Waals surface area (Å²) in [6.45, 7) is 0. The average molecular weight is 300 g/mol. The Labute approximate surface area is 135 Å². The third-order valence-electron chi connectivity index (χ3n) is 4.50. The third kappa shape index (κ3) is 2.15. The summed E-state index contributed by atoms with van der Waals surface area (Å²) in [6.07, 6.45) is 0. The fourth-order valence-electron chi connectivity index (χ4n) is 3.44. The van der Waals surface area contributed by atoms with Crippen molar-refractivity contribution in [3.63, 3.8) is 0 Å². The first kappa shape index (κ1) is 13.8. The molecule has 0 saturated carbocycles. The van der Waals surface area contributed by atoms with Crippen molar-refractivity contribution in [1.29, 1.82) is 0 Å². The molecule has 0 radical (unpaired) electrons. The molecule has 0 N–H and O–H groups in total. The largest absolute Gasteiger partial charge is 0.465 e. The minimum Gasteiger partial charge on any atom is -0.465 e. The average Bonchev–Trinajstić information content (AvgIpc) is 2.96. The zero-order chi connectivity index (χ0) is 15.8. The molecule has 0 spiro atoms. The van der Waals surface area contributed by atoms with Gasteiger partial charge in [-0.05, 0) is 39.9 Å². The van der Waals surface area contributed by atoms with Crippen molar-refractivity contribution >= 4 is 5.97 Å². The van der Waals surface area contributed by atoms with Crippen molar-refractivity contribution in [1.82, 2.24) is 0 Å². The Kier molecular flexibility index (Phi) is 3.23. The molecule has 3 aromatic carbocycles. The van der Waals surface area contributed by atoms with Gasteiger partial charge in [-0.1, -0.05) is 60.7 Å². The number of carbonyl (C=O) groups excluding carboxylic acids is 1. The molecule has 0 heterocycles. The lowest BCUT2D eigenvalue weighted by molar-refractivity contribution is 0.0600. The van der Waals surface area contributed by atoms with Crippen LogP contribution in [0.3, 0.4) is 0 Å². The van der Waals surface area contributed by atoms with Gasteiger partial charge in [0.15, 0.2) is 0 Å². The first-order valence-corrected chi connectivity index (χ1v) is 7.66. The van der Waals surface area contributed by atoms with E-state index in [2.05, 4.69) is 48.5 Å². The van der Waals surface area contributed by atoms with Crippen LogP contribution in [0, 0.1) is 0 Å². The van der Waals surface area contributed by atoms with E-state index in [1.165, 1.54) is 34.9 Å². The smallest absolute Gasteiger partial charge is 0.337 e. The molecule has 23 heavy (non-hydrogen) atoms. The second-order valence-electron chi connectivity index (χ2n) is 5.72. The van der Waals surface area contributed by atoms with Crippen LogP contribution in [0.25, 0.3) is 11.1 Å². The quantitative estimate of drug-likeness (QED) is 0.504. The van der Waals surface area contributed by atoms with Crippen molar-refractivity contribution in [2.75, 3.05) is 7.11 Å². The molecule has 2 nitrogen and oxygen atoms in total. The number of esters is 1. The van der Waals surface area contributed by atoms with Crippen molar-refractivity contribution < 1.29 is 9.53 Å². The summed E-state index contributed by atoms with van der Waals surface area (Å²) in [5.41, 5.74) is 7.00. The predicted octanol–water partition coefficient (Wildman–Crippen LogP) is 4.63. The lowest BCUT2D eigenvalue weighted by Crippen LogP contribution is -2.03. The van der Waals surface area contributed by atoms with Crippen LogP contribution in [0.1, 0.15) is 33.0 Å². The molecule has 3 aromatic rings. The number of benzene rings is 3. The molecule has 2 heteroatoms. The first-order chi connectivity index (χ1) is 11.3. The Morgan fingerprint density at radius 3 is 1.83 bits per heavy atom. The monoisotopic (exact) mass is 300 g/mol. The summed E-state index contributed by atoms with van der Waals surface area (Å²) in [4.78, 5) is 11.6. The summed E-state index contributed by atoms with van der Waals surface area (Å²) in [6, 6.07) is 24.8. The van der Waals surface area contributed by atoms with E-state index in [1.807, 2.05) is 24.3 Å². The second kappa shape index (κ2) is 5.40. The maximum absolute atomic E-state index is 11.6. The zero-order valence-electron chi connectivity index (χ0n) is 12.8. The second-order valence-corrected chi connectivity index (χ2v) is 5.72. The van der Waals surface area contributed by atoms with Crippen LogP contribution in [-0.2, 0) is 4.74 Å². The van der Waals surface area contributed by atoms with E-state index >= 15 is 0 Å². The standard InChI is InChI=1S/C21H16O2/c1-23-21(22)15-12-10-14(11-13-15)20-18-8-4-2-6-16(18)17-7-3-5-9-19(17)20/h2-13,20H,1H3. The molecule has 0 aromatic heterocycles. The van der Waals surface area contributed by atoms with Crippen LogP contribution in [0.15, 0.2) is 72.8 Å². The van der Waals surface area contributed by atoms with Crippen LogP contribution in [0.2, 0.25) is 0 Å². The lowest BCUT2D eigenvalue weighted by Gasteiger charge is -2.14. The Morgan fingerprint density at radius 2 is 1.30 bits per heavy atom. The van der Waals surface area contributed by atoms with Gasteiger partial charge in [0.1, 0.15) is 0 Å². The van der Waals surface area contributed by atoms with Gasteiger partial charge in [0, 0.05) is 5.92 Å². The maximum atomic E-state index is 11.6. The fraction of sp³-hybridized carbons (Fsp3) is 0.0952. The van der Waals surface area contributed by atoms with Gasteiger partial charge in [0.2, 0.25) is 0 Å². The molecule has 0 aliphatic heterocycles. The van der Waals surface area contributed by atoms with E-state index in [0.717, 1.165) is 0 Å². The van der Waals surface area contributed by atoms with Gasteiger partial charge in [-0.25, -0.2) is 4.79 Å². The Bertz CT molecular complexity index is 833. The summed E-state index contributed by atoms with van der Waals surface area (Å²) in [7, 11) is 1.40. The van der Waals surface area contributed by atoms with Gasteiger partial charge >= 0.3 is 5.97 Å². The summed E-state index contributed by atoms with van der Waals surface area (Å²) in [5.74, 6) is -0.0853. The van der Waals surface area contributed by atoms with Crippen molar-refractivity contribution in [2.24, 2.45) is 0 Å². The van der Waals surface area contributed by atoms with E-state index in [9.17, 15) is 4.79 Å². The molecule has 0 fully saturated rings. The minimum atomic E-state index is -0.302. The number of fused-ring (bicyclic) bond motifs is 3. The van der Waals surface area contributed by atoms with Crippen molar-refractivity contribution in [3.8, 4) is 11.1 Å². The van der Waals surface area contributed by atoms with Crippen LogP contribution in [0.5, 0.6) is 0 Å². The lowest BCUT2D eigenvalue weighted by atomic mass is 9.89. The van der Waals surface area contributed by atoms with Gasteiger partial charge in [-0.15, -0.1) is 0 Å². The SMILES string of the molecule is COC(=O)c1ccc(C2c3ccccc3-c3ccccc32)cc1. The molecule has 0 bridgehead atoms. The zero-order valence-corrected chi connectivity index (χ0v) is 12.8. The molecule has 4 rings (SSSR count). The van der Waals surface area contributed by atoms with Crippen molar-refractivity contribution in [3.05, 3.63) is 95.1 Å². The highest BCUT2D eigenvalue weighted by Crippen LogP contribution is 2.47. The molecule has 112 valence electrons. The van der Waals surface area contributed by atoms with Crippen molar-refractivity contribution in [2.45, 2.75) is 5.92 Å². The number of hydrogen-bond donors (Lipinski definition) is 0. The summed E-state index contributed by atoms with van der Waals surface area (Å²) in [5, 5.41) is 0. The highest BCUT2D eigenvalue weighted by Gasteiger charge is 2.29. The Hall–Kier alpha value is -2.87. The number of carbonyl (C=O) groups is 1. The summed E-state index contributed by atoms with van der Waals surface area (Å²) >= 11 is 0. The molecule has 0 saturated heterocycles. The van der Waals surface area contributed by atoms with E-state index in [0.29, 0.717) is 5.56 Å². The van der Waals surface area contributed by atoms with E-state index in [1.54, 1.807) is 0 Å². The molecular formula is C21H16O2. The first-order valence-electron chi connectivity index (χ1n) is 7.66. The number of hydrogen-bond acceptors (Lipinski definition) is 2. The predicted molar refractivity (Wildman–Crippen MR) is 90.6 cm³/mol. The topological polar surface area (TPSA) is 26.3 Å². The maximum Gasteiger partial charge on any atom is 0.337 e. The highest BCUT2D eigenvalue weighted by atomic mass is 16.5. The van der Waals surface area contributed by atoms with Crippen LogP contribution in [0.4, 0.5) is 0 Å². The van der Waals surface area contributed by atoms with Gasteiger partial charge in [0.05, 0.1) is 12.7 Å². The molecule has 0 atom stereocenters. The van der Waals surface area contributed by atoms with E-state index < -0.39 is 0 Å². The minimum absolute atomic E-state index is 0.217. The summed E-state index contributed by atoms with van der Waals surface area (Å²) < 4.78 is 4.78. The highest BCUT2D eigenvalue weighted by molar-refractivity contribution is 5.89. The van der Waals surface area contributed by atoms with E-state index in [-0.39, 0.29) is 11.9 Å². The molecular weight excluding hydrogens is 284 g/mol. The van der Waals surface area contributed by atoms with Crippen LogP contribution in [-0.4, -0.2) is 13.1 Å². The van der Waals surface area contributed by atoms with E-state index in [4.69, 9.17) is 4.74 Å². The normalized spacial score (nSPS) is 12.6. The van der Waals surface area contributed by atoms with Gasteiger partial charge < -0.3 is 4.74 Å².